The maximum Gasteiger partial charge on any atom is 0.471 e. The number of anilines is 1. The molecule has 0 saturated carbocycles. The number of aromatic amines is 1. The van der Waals surface area contributed by atoms with Crippen molar-refractivity contribution in [1.82, 2.24) is 19.7 Å². The molecule has 2 aromatic heterocycles. The molecule has 0 fully saturated rings. The summed E-state index contributed by atoms with van der Waals surface area (Å²) in [6.45, 7) is 0.0309. The number of hydrogen-bond donors (Lipinski definition) is 2. The number of aromatic nitrogens is 4. The molecular weight excluding hydrogens is 431 g/mol. The predicted molar refractivity (Wildman–Crippen MR) is 107 cm³/mol. The van der Waals surface area contributed by atoms with Gasteiger partial charge < -0.3 is 9.84 Å². The number of alkyl halides is 3. The Kier molecular flexibility index (Phi) is 5.34. The number of hydrogen-bond acceptors (Lipinski definition) is 6. The van der Waals surface area contributed by atoms with E-state index in [9.17, 15) is 27.6 Å². The van der Waals surface area contributed by atoms with Gasteiger partial charge >= 0.3 is 17.8 Å². The van der Waals surface area contributed by atoms with E-state index >= 15 is 0 Å². The summed E-state index contributed by atoms with van der Waals surface area (Å²) in [4.78, 5) is 41.9. The number of benzene rings is 2. The van der Waals surface area contributed by atoms with Crippen molar-refractivity contribution in [2.24, 2.45) is 0 Å². The Balaban J connectivity index is 1.43. The van der Waals surface area contributed by atoms with Crippen LogP contribution in [0.15, 0.2) is 62.6 Å². The van der Waals surface area contributed by atoms with Gasteiger partial charge in [-0.3, -0.25) is 19.1 Å². The highest BCUT2D eigenvalue weighted by Gasteiger charge is 2.38. The predicted octanol–water partition coefficient (Wildman–Crippen LogP) is 2.79. The lowest BCUT2D eigenvalue weighted by Gasteiger charge is -2.10. The molecule has 1 amide bonds. The first-order valence-electron chi connectivity index (χ1n) is 9.25. The van der Waals surface area contributed by atoms with Crippen molar-refractivity contribution in [3.63, 3.8) is 0 Å². The second-order valence-electron chi connectivity index (χ2n) is 6.72. The second-order valence-corrected chi connectivity index (χ2v) is 6.72. The zero-order valence-electron chi connectivity index (χ0n) is 16.1. The number of amides is 1. The Hall–Kier alpha value is -4.22. The minimum absolute atomic E-state index is 0.0309. The zero-order chi connectivity index (χ0) is 22.9. The Morgan fingerprint density at radius 3 is 2.50 bits per heavy atom. The van der Waals surface area contributed by atoms with E-state index in [4.69, 9.17) is 0 Å². The van der Waals surface area contributed by atoms with Crippen LogP contribution in [0.5, 0.6) is 0 Å². The molecule has 4 rings (SSSR count). The number of nitrogens with zero attached hydrogens (tertiary/aromatic N) is 3. The van der Waals surface area contributed by atoms with Gasteiger partial charge in [-0.25, -0.2) is 4.79 Å². The first kappa shape index (κ1) is 21.0. The number of carbonyl (C=O) groups is 1. The molecule has 164 valence electrons. The summed E-state index contributed by atoms with van der Waals surface area (Å²) in [6, 6.07) is 12.3. The summed E-state index contributed by atoms with van der Waals surface area (Å²) in [5.74, 6) is -2.09. The third kappa shape index (κ3) is 4.29. The van der Waals surface area contributed by atoms with Crippen LogP contribution in [0.3, 0.4) is 0 Å². The highest BCUT2D eigenvalue weighted by Crippen LogP contribution is 2.29. The summed E-state index contributed by atoms with van der Waals surface area (Å²) in [5.41, 5.74) is -0.0539. The van der Waals surface area contributed by atoms with Gasteiger partial charge in [-0.1, -0.05) is 17.3 Å². The molecule has 0 spiro atoms. The van der Waals surface area contributed by atoms with Gasteiger partial charge in [0.1, 0.15) is 0 Å². The van der Waals surface area contributed by atoms with Gasteiger partial charge in [-0.15, -0.1) is 0 Å². The largest absolute Gasteiger partial charge is 0.471 e. The monoisotopic (exact) mass is 445 g/mol. The molecular formula is C20H14F3N5O4. The van der Waals surface area contributed by atoms with E-state index in [-0.39, 0.29) is 24.4 Å². The molecule has 0 saturated heterocycles. The third-order valence-corrected chi connectivity index (χ3v) is 4.56. The third-order valence-electron chi connectivity index (χ3n) is 4.56. The summed E-state index contributed by atoms with van der Waals surface area (Å²) in [5, 5.41) is 6.26. The van der Waals surface area contributed by atoms with Crippen molar-refractivity contribution in [2.45, 2.75) is 19.1 Å². The Labute approximate surface area is 176 Å². The molecule has 4 aromatic rings. The van der Waals surface area contributed by atoms with Crippen molar-refractivity contribution in [3.05, 3.63) is 75.3 Å². The lowest BCUT2D eigenvalue weighted by Crippen LogP contribution is -2.31. The fourth-order valence-corrected chi connectivity index (χ4v) is 3.06. The molecule has 2 aromatic carbocycles. The van der Waals surface area contributed by atoms with Crippen LogP contribution in [0, 0.1) is 0 Å². The maximum atomic E-state index is 12.6. The van der Waals surface area contributed by atoms with E-state index in [2.05, 4.69) is 25.0 Å². The zero-order valence-corrected chi connectivity index (χ0v) is 16.1. The molecule has 0 aliphatic carbocycles. The average molecular weight is 445 g/mol. The number of para-hydroxylation sites is 1. The van der Waals surface area contributed by atoms with Gasteiger partial charge in [0.15, 0.2) is 0 Å². The van der Waals surface area contributed by atoms with E-state index in [1.165, 1.54) is 28.8 Å². The number of nitrogens with one attached hydrogen (secondary N) is 2. The SMILES string of the molecule is O=C(CCn1c(=O)[nH]c(=O)c2ccccc21)Nc1ccc(-c2noc(C(F)(F)F)n2)cc1. The standard InChI is InChI=1S/C20H14F3N5O4/c21-20(22,23)18-25-16(27-32-18)11-5-7-12(8-6-11)24-15(29)9-10-28-14-4-2-1-3-13(14)17(30)26-19(28)31/h1-8H,9-10H2,(H,24,29)(H,26,30,31). The van der Waals surface area contributed by atoms with E-state index in [1.807, 2.05) is 0 Å². The first-order chi connectivity index (χ1) is 15.2. The average Bonchev–Trinajstić information content (AvgIpc) is 3.25. The number of halogens is 3. The summed E-state index contributed by atoms with van der Waals surface area (Å²) >= 11 is 0. The van der Waals surface area contributed by atoms with Crippen LogP contribution in [0.2, 0.25) is 0 Å². The van der Waals surface area contributed by atoms with E-state index in [0.717, 1.165) is 0 Å². The fourth-order valence-electron chi connectivity index (χ4n) is 3.06. The highest BCUT2D eigenvalue weighted by atomic mass is 19.4. The quantitative estimate of drug-likeness (QED) is 0.487. The van der Waals surface area contributed by atoms with Crippen molar-refractivity contribution in [2.75, 3.05) is 5.32 Å². The van der Waals surface area contributed by atoms with Crippen molar-refractivity contribution in [1.29, 1.82) is 0 Å². The minimum atomic E-state index is -4.74. The Bertz CT molecular complexity index is 1400. The van der Waals surface area contributed by atoms with Crippen LogP contribution in [-0.2, 0) is 17.5 Å². The van der Waals surface area contributed by atoms with Gasteiger partial charge in [-0.05, 0) is 36.4 Å². The summed E-state index contributed by atoms with van der Waals surface area (Å²) in [6.07, 6.45) is -4.80. The van der Waals surface area contributed by atoms with E-state index in [1.54, 1.807) is 24.3 Å². The van der Waals surface area contributed by atoms with Gasteiger partial charge in [0.05, 0.1) is 10.9 Å². The topological polar surface area (TPSA) is 123 Å². The molecule has 0 unspecified atom stereocenters. The molecule has 2 heterocycles. The Morgan fingerprint density at radius 2 is 1.81 bits per heavy atom. The molecule has 0 aliphatic heterocycles. The molecule has 0 aliphatic rings. The minimum Gasteiger partial charge on any atom is -0.329 e. The molecule has 0 bridgehead atoms. The van der Waals surface area contributed by atoms with Gasteiger partial charge in [0, 0.05) is 24.2 Å². The van der Waals surface area contributed by atoms with Gasteiger partial charge in [0.2, 0.25) is 11.7 Å². The van der Waals surface area contributed by atoms with Crippen molar-refractivity contribution >= 4 is 22.5 Å². The Morgan fingerprint density at radius 1 is 1.09 bits per heavy atom. The molecule has 12 heteroatoms. The number of H-pyrrole nitrogens is 1. The van der Waals surface area contributed by atoms with Crippen molar-refractivity contribution in [3.8, 4) is 11.4 Å². The molecule has 0 atom stereocenters. The number of fused-ring (bicyclic) bond motifs is 1. The van der Waals surface area contributed by atoms with E-state index in [0.29, 0.717) is 16.6 Å². The van der Waals surface area contributed by atoms with Crippen LogP contribution in [0.25, 0.3) is 22.3 Å². The van der Waals surface area contributed by atoms with Gasteiger partial charge in [-0.2, -0.15) is 18.2 Å². The number of rotatable bonds is 5. The maximum absolute atomic E-state index is 12.6. The van der Waals surface area contributed by atoms with Crippen molar-refractivity contribution < 1.29 is 22.5 Å². The highest BCUT2D eigenvalue weighted by molar-refractivity contribution is 5.91. The lowest BCUT2D eigenvalue weighted by molar-refractivity contribution is -0.159. The second kappa shape index (κ2) is 8.13. The van der Waals surface area contributed by atoms with Crippen LogP contribution in [0.4, 0.5) is 18.9 Å². The van der Waals surface area contributed by atoms with Crippen LogP contribution >= 0.6 is 0 Å². The normalized spacial score (nSPS) is 11.6. The van der Waals surface area contributed by atoms with Gasteiger partial charge in [0.25, 0.3) is 5.56 Å². The molecule has 2 N–H and O–H groups in total. The van der Waals surface area contributed by atoms with E-state index < -0.39 is 29.2 Å². The number of aryl methyl sites for hydroxylation is 1. The smallest absolute Gasteiger partial charge is 0.329 e. The van der Waals surface area contributed by atoms with Crippen LogP contribution in [-0.4, -0.2) is 25.6 Å². The van der Waals surface area contributed by atoms with Crippen LogP contribution in [0.1, 0.15) is 12.3 Å². The lowest BCUT2D eigenvalue weighted by atomic mass is 10.2. The molecule has 32 heavy (non-hydrogen) atoms. The van der Waals surface area contributed by atoms with Crippen LogP contribution < -0.4 is 16.6 Å². The number of carbonyl (C=O) groups excluding carboxylic acids is 1. The first-order valence-corrected chi connectivity index (χ1v) is 9.25. The fraction of sp³-hybridized carbons (Fsp3) is 0.150. The molecule has 0 radical (unpaired) electrons. The summed E-state index contributed by atoms with van der Waals surface area (Å²) < 4.78 is 43.2. The molecule has 9 nitrogen and oxygen atoms in total. The summed E-state index contributed by atoms with van der Waals surface area (Å²) in [7, 11) is 0.